The summed E-state index contributed by atoms with van der Waals surface area (Å²) in [5.74, 6) is -1.44. The van der Waals surface area contributed by atoms with Crippen LogP contribution in [0.2, 0.25) is 0 Å². The SMILES string of the molecule is OC[C@@H](O)[C@H](c1cc(F)cc(F)c1)n1ccc2ccccc21. The highest BCUT2D eigenvalue weighted by Crippen LogP contribution is 2.28. The highest BCUT2D eigenvalue weighted by Gasteiger charge is 2.24. The number of aromatic nitrogens is 1. The van der Waals surface area contributed by atoms with E-state index in [1.807, 2.05) is 30.3 Å². The molecular formula is C17H15F2NO2. The Balaban J connectivity index is 2.18. The molecule has 1 heterocycles. The molecular weight excluding hydrogens is 288 g/mol. The normalized spacial score (nSPS) is 14.2. The standard InChI is InChI=1S/C17H15F2NO2/c18-13-7-12(8-14(19)9-13)17(16(22)10-21)20-6-5-11-3-1-2-4-15(11)20/h1-9,16-17,21-22H,10H2/t16-,17+/m1/s1. The number of para-hydroxylation sites is 1. The van der Waals surface area contributed by atoms with Crippen LogP contribution >= 0.6 is 0 Å². The Labute approximate surface area is 126 Å². The average Bonchev–Trinajstić information content (AvgIpc) is 2.90. The zero-order chi connectivity index (χ0) is 15.7. The molecule has 0 radical (unpaired) electrons. The summed E-state index contributed by atoms with van der Waals surface area (Å²) >= 11 is 0. The quantitative estimate of drug-likeness (QED) is 0.778. The van der Waals surface area contributed by atoms with Crippen LogP contribution in [0.15, 0.2) is 54.7 Å². The minimum absolute atomic E-state index is 0.264. The molecule has 22 heavy (non-hydrogen) atoms. The molecule has 0 bridgehead atoms. The minimum Gasteiger partial charge on any atom is -0.394 e. The van der Waals surface area contributed by atoms with E-state index in [1.165, 1.54) is 12.1 Å². The van der Waals surface area contributed by atoms with Gasteiger partial charge in [0.2, 0.25) is 0 Å². The van der Waals surface area contributed by atoms with Crippen molar-refractivity contribution >= 4 is 10.9 Å². The zero-order valence-corrected chi connectivity index (χ0v) is 11.7. The van der Waals surface area contributed by atoms with E-state index in [2.05, 4.69) is 0 Å². The Morgan fingerprint density at radius 1 is 1.00 bits per heavy atom. The largest absolute Gasteiger partial charge is 0.394 e. The highest BCUT2D eigenvalue weighted by atomic mass is 19.1. The maximum absolute atomic E-state index is 13.5. The Hall–Kier alpha value is -2.24. The van der Waals surface area contributed by atoms with Gasteiger partial charge >= 0.3 is 0 Å². The number of nitrogens with zero attached hydrogens (tertiary/aromatic N) is 1. The number of benzene rings is 2. The third-order valence-corrected chi connectivity index (χ3v) is 3.71. The van der Waals surface area contributed by atoms with E-state index in [4.69, 9.17) is 0 Å². The molecule has 2 N–H and O–H groups in total. The van der Waals surface area contributed by atoms with Crippen LogP contribution < -0.4 is 0 Å². The molecule has 0 aliphatic rings. The first-order valence-corrected chi connectivity index (χ1v) is 6.90. The summed E-state index contributed by atoms with van der Waals surface area (Å²) in [5.41, 5.74) is 1.07. The second-order valence-electron chi connectivity index (χ2n) is 5.18. The number of fused-ring (bicyclic) bond motifs is 1. The van der Waals surface area contributed by atoms with Crippen molar-refractivity contribution in [3.63, 3.8) is 0 Å². The van der Waals surface area contributed by atoms with Gasteiger partial charge in [-0.1, -0.05) is 18.2 Å². The first-order chi connectivity index (χ1) is 10.6. The van der Waals surface area contributed by atoms with E-state index in [9.17, 15) is 19.0 Å². The lowest BCUT2D eigenvalue weighted by atomic mass is 10.0. The molecule has 0 fully saturated rings. The summed E-state index contributed by atoms with van der Waals surface area (Å²) in [6.07, 6.45) is 0.550. The molecule has 0 aliphatic carbocycles. The molecule has 114 valence electrons. The molecule has 0 saturated carbocycles. The lowest BCUT2D eigenvalue weighted by Crippen LogP contribution is -2.28. The topological polar surface area (TPSA) is 45.4 Å². The number of hydrogen-bond acceptors (Lipinski definition) is 2. The first kappa shape index (κ1) is 14.7. The van der Waals surface area contributed by atoms with Gasteiger partial charge in [0.15, 0.2) is 0 Å². The second-order valence-corrected chi connectivity index (χ2v) is 5.18. The molecule has 1 aromatic heterocycles. The average molecular weight is 303 g/mol. The molecule has 0 aliphatic heterocycles. The van der Waals surface area contributed by atoms with Crippen LogP contribution in [0.25, 0.3) is 10.9 Å². The molecule has 3 rings (SSSR count). The molecule has 3 nitrogen and oxygen atoms in total. The van der Waals surface area contributed by atoms with E-state index >= 15 is 0 Å². The Kier molecular flexibility index (Phi) is 3.92. The first-order valence-electron chi connectivity index (χ1n) is 6.90. The molecule has 0 unspecified atom stereocenters. The fraction of sp³-hybridized carbons (Fsp3) is 0.176. The monoisotopic (exact) mass is 303 g/mol. The fourth-order valence-corrected chi connectivity index (χ4v) is 2.76. The van der Waals surface area contributed by atoms with Crippen LogP contribution in [-0.2, 0) is 0 Å². The van der Waals surface area contributed by atoms with Gasteiger partial charge < -0.3 is 14.8 Å². The van der Waals surface area contributed by atoms with Gasteiger partial charge in [0, 0.05) is 17.8 Å². The number of rotatable bonds is 4. The number of aliphatic hydroxyl groups is 2. The summed E-state index contributed by atoms with van der Waals surface area (Å²) in [5, 5.41) is 20.4. The van der Waals surface area contributed by atoms with Crippen LogP contribution in [0.1, 0.15) is 11.6 Å². The van der Waals surface area contributed by atoms with Gasteiger partial charge in [-0.3, -0.25) is 0 Å². The van der Waals surface area contributed by atoms with Crippen molar-refractivity contribution in [1.29, 1.82) is 0 Å². The van der Waals surface area contributed by atoms with Crippen LogP contribution in [0.4, 0.5) is 8.78 Å². The van der Waals surface area contributed by atoms with Gasteiger partial charge in [-0.25, -0.2) is 8.78 Å². The van der Waals surface area contributed by atoms with Crippen molar-refractivity contribution < 1.29 is 19.0 Å². The number of aliphatic hydroxyl groups excluding tert-OH is 2. The van der Waals surface area contributed by atoms with Crippen molar-refractivity contribution in [2.45, 2.75) is 12.1 Å². The van der Waals surface area contributed by atoms with E-state index in [0.717, 1.165) is 17.0 Å². The summed E-state index contributed by atoms with van der Waals surface area (Å²) in [6.45, 7) is -0.519. The van der Waals surface area contributed by atoms with Gasteiger partial charge in [0.1, 0.15) is 17.7 Å². The molecule has 5 heteroatoms. The van der Waals surface area contributed by atoms with Crippen LogP contribution in [-0.4, -0.2) is 27.5 Å². The maximum Gasteiger partial charge on any atom is 0.126 e. The summed E-state index contributed by atoms with van der Waals surface area (Å²) < 4.78 is 28.7. The third-order valence-electron chi connectivity index (χ3n) is 3.71. The maximum atomic E-state index is 13.5. The van der Waals surface area contributed by atoms with Crippen LogP contribution in [0.3, 0.4) is 0 Å². The molecule has 0 amide bonds. The number of hydrogen-bond donors (Lipinski definition) is 2. The van der Waals surface area contributed by atoms with E-state index in [0.29, 0.717) is 0 Å². The van der Waals surface area contributed by atoms with Crippen molar-refractivity contribution in [2.75, 3.05) is 6.61 Å². The molecule has 2 aromatic carbocycles. The number of halogens is 2. The summed E-state index contributed by atoms with van der Waals surface area (Å²) in [7, 11) is 0. The predicted molar refractivity (Wildman–Crippen MR) is 79.5 cm³/mol. The molecule has 0 saturated heterocycles. The van der Waals surface area contributed by atoms with Crippen LogP contribution in [0, 0.1) is 11.6 Å². The van der Waals surface area contributed by atoms with Gasteiger partial charge in [0.05, 0.1) is 12.6 Å². The predicted octanol–water partition coefficient (Wildman–Crippen LogP) is 2.86. The lowest BCUT2D eigenvalue weighted by molar-refractivity contribution is 0.0652. The van der Waals surface area contributed by atoms with Gasteiger partial charge in [-0.05, 0) is 35.2 Å². The Morgan fingerprint density at radius 3 is 2.36 bits per heavy atom. The summed E-state index contributed by atoms with van der Waals surface area (Å²) in [4.78, 5) is 0. The van der Waals surface area contributed by atoms with Gasteiger partial charge in [0.25, 0.3) is 0 Å². The Bertz CT molecular complexity index is 780. The fourth-order valence-electron chi connectivity index (χ4n) is 2.76. The third kappa shape index (κ3) is 2.61. The molecule has 0 spiro atoms. The zero-order valence-electron chi connectivity index (χ0n) is 11.7. The van der Waals surface area contributed by atoms with Gasteiger partial charge in [-0.2, -0.15) is 0 Å². The van der Waals surface area contributed by atoms with Crippen LogP contribution in [0.5, 0.6) is 0 Å². The smallest absolute Gasteiger partial charge is 0.126 e. The van der Waals surface area contributed by atoms with Crippen molar-refractivity contribution in [2.24, 2.45) is 0 Å². The van der Waals surface area contributed by atoms with E-state index in [1.54, 1.807) is 10.8 Å². The molecule has 3 aromatic rings. The Morgan fingerprint density at radius 2 is 1.68 bits per heavy atom. The van der Waals surface area contributed by atoms with E-state index in [-0.39, 0.29) is 5.56 Å². The van der Waals surface area contributed by atoms with Crippen molar-refractivity contribution in [3.8, 4) is 0 Å². The van der Waals surface area contributed by atoms with E-state index < -0.39 is 30.4 Å². The highest BCUT2D eigenvalue weighted by molar-refractivity contribution is 5.80. The van der Waals surface area contributed by atoms with Crippen molar-refractivity contribution in [1.82, 2.24) is 4.57 Å². The summed E-state index contributed by atoms with van der Waals surface area (Å²) in [6, 6.07) is 11.7. The lowest BCUT2D eigenvalue weighted by Gasteiger charge is -2.25. The van der Waals surface area contributed by atoms with Gasteiger partial charge in [-0.15, -0.1) is 0 Å². The molecule has 2 atom stereocenters. The second kappa shape index (κ2) is 5.87. The minimum atomic E-state index is -1.18. The van der Waals surface area contributed by atoms with Crippen molar-refractivity contribution in [3.05, 3.63) is 71.9 Å².